The highest BCUT2D eigenvalue weighted by Crippen LogP contribution is 2.44. The van der Waals surface area contributed by atoms with Gasteiger partial charge in [-0.3, -0.25) is 0 Å². The molecule has 5 rings (SSSR count). The number of hydrogen-bond acceptors (Lipinski definition) is 6. The van der Waals surface area contributed by atoms with E-state index in [4.69, 9.17) is 19.6 Å². The van der Waals surface area contributed by atoms with Crippen molar-refractivity contribution in [2.24, 2.45) is 5.73 Å². The van der Waals surface area contributed by atoms with Gasteiger partial charge in [0.25, 0.3) is 0 Å². The summed E-state index contributed by atoms with van der Waals surface area (Å²) in [4.78, 5) is 13.0. The molecular formula is C28H21BrN2O4. The fourth-order valence-corrected chi connectivity index (χ4v) is 5.08. The number of fused-ring (bicyclic) bond motifs is 2. The van der Waals surface area contributed by atoms with E-state index in [1.165, 1.54) is 0 Å². The minimum Gasteiger partial charge on any atom is -0.449 e. The molecule has 3 aromatic carbocycles. The Bertz CT molecular complexity index is 1590. The van der Waals surface area contributed by atoms with Crippen LogP contribution in [0.15, 0.2) is 74.9 Å². The number of nitriles is 1. The number of rotatable bonds is 3. The Hall–Kier alpha value is -4.02. The maximum absolute atomic E-state index is 13.0. The van der Waals surface area contributed by atoms with Crippen LogP contribution in [0.1, 0.15) is 44.3 Å². The normalized spacial score (nSPS) is 14.9. The minimum absolute atomic E-state index is 0.0208. The molecule has 174 valence electrons. The first-order valence-corrected chi connectivity index (χ1v) is 11.8. The largest absolute Gasteiger partial charge is 0.449 e. The van der Waals surface area contributed by atoms with Crippen molar-refractivity contribution in [3.63, 3.8) is 0 Å². The Morgan fingerprint density at radius 2 is 1.91 bits per heavy atom. The van der Waals surface area contributed by atoms with Gasteiger partial charge in [-0.15, -0.1) is 0 Å². The quantitative estimate of drug-likeness (QED) is 0.239. The van der Waals surface area contributed by atoms with Crippen molar-refractivity contribution in [1.29, 1.82) is 5.26 Å². The number of ether oxygens (including phenoxy) is 2. The fraction of sp³-hybridized carbons (Fsp3) is 0.143. The summed E-state index contributed by atoms with van der Waals surface area (Å²) in [5.74, 6) is -0.128. The molecule has 1 aliphatic heterocycles. The molecule has 0 radical (unpaired) electrons. The van der Waals surface area contributed by atoms with Gasteiger partial charge in [-0.2, -0.15) is 5.26 Å². The van der Waals surface area contributed by atoms with Crippen LogP contribution in [0.2, 0.25) is 0 Å². The highest BCUT2D eigenvalue weighted by Gasteiger charge is 2.31. The van der Waals surface area contributed by atoms with Crippen molar-refractivity contribution < 1.29 is 18.7 Å². The van der Waals surface area contributed by atoms with Crippen molar-refractivity contribution in [2.75, 3.05) is 0 Å². The summed E-state index contributed by atoms with van der Waals surface area (Å²) in [6, 6.07) is 18.9. The number of allylic oxidation sites excluding steroid dienone is 1. The van der Waals surface area contributed by atoms with Gasteiger partial charge in [-0.25, -0.2) is 4.79 Å². The first kappa shape index (κ1) is 22.8. The molecule has 1 unspecified atom stereocenters. The maximum Gasteiger partial charge on any atom is 0.379 e. The molecule has 1 aromatic heterocycles. The number of carbonyl (C=O) groups is 1. The molecule has 0 bridgehead atoms. The molecule has 0 saturated carbocycles. The summed E-state index contributed by atoms with van der Waals surface area (Å²) >= 11 is 3.49. The Kier molecular flexibility index (Phi) is 5.62. The lowest BCUT2D eigenvalue weighted by Gasteiger charge is -2.26. The van der Waals surface area contributed by atoms with Crippen molar-refractivity contribution in [2.45, 2.75) is 26.7 Å². The van der Waals surface area contributed by atoms with E-state index in [1.54, 1.807) is 18.2 Å². The summed E-state index contributed by atoms with van der Waals surface area (Å²) in [5.41, 5.74) is 11.5. The van der Waals surface area contributed by atoms with Crippen molar-refractivity contribution >= 4 is 32.9 Å². The molecule has 0 fully saturated rings. The monoisotopic (exact) mass is 528 g/mol. The summed E-state index contributed by atoms with van der Waals surface area (Å²) in [5, 5.41) is 10.7. The fourth-order valence-electron chi connectivity index (χ4n) is 4.67. The van der Waals surface area contributed by atoms with Crippen LogP contribution < -0.4 is 15.2 Å². The van der Waals surface area contributed by atoms with E-state index >= 15 is 0 Å². The van der Waals surface area contributed by atoms with Gasteiger partial charge in [-0.05, 0) is 61.7 Å². The smallest absolute Gasteiger partial charge is 0.379 e. The van der Waals surface area contributed by atoms with Crippen molar-refractivity contribution in [3.8, 4) is 17.6 Å². The van der Waals surface area contributed by atoms with Crippen LogP contribution in [0, 0.1) is 32.1 Å². The average molecular weight is 529 g/mol. The van der Waals surface area contributed by atoms with Gasteiger partial charge in [0.1, 0.15) is 28.7 Å². The maximum atomic E-state index is 13.0. The van der Waals surface area contributed by atoms with E-state index < -0.39 is 11.9 Å². The first-order chi connectivity index (χ1) is 16.8. The zero-order valence-corrected chi connectivity index (χ0v) is 20.9. The Morgan fingerprint density at radius 3 is 2.66 bits per heavy atom. The second-order valence-electron chi connectivity index (χ2n) is 8.58. The van der Waals surface area contributed by atoms with Gasteiger partial charge in [-0.1, -0.05) is 40.2 Å². The third-order valence-electron chi connectivity index (χ3n) is 6.14. The van der Waals surface area contributed by atoms with Gasteiger partial charge in [0, 0.05) is 27.1 Å². The molecule has 6 nitrogen and oxygen atoms in total. The highest BCUT2D eigenvalue weighted by molar-refractivity contribution is 9.10. The van der Waals surface area contributed by atoms with Crippen molar-refractivity contribution in [1.82, 2.24) is 0 Å². The number of aryl methyl sites for hydroxylation is 3. The molecule has 0 saturated heterocycles. The summed E-state index contributed by atoms with van der Waals surface area (Å²) in [6.07, 6.45) is 0. The van der Waals surface area contributed by atoms with Crippen molar-refractivity contribution in [3.05, 3.63) is 104 Å². The summed E-state index contributed by atoms with van der Waals surface area (Å²) in [7, 11) is 0. The van der Waals surface area contributed by atoms with Crippen LogP contribution >= 0.6 is 15.9 Å². The Labute approximate surface area is 210 Å². The van der Waals surface area contributed by atoms with Crippen LogP contribution in [0.5, 0.6) is 11.5 Å². The molecule has 0 amide bonds. The van der Waals surface area contributed by atoms with Gasteiger partial charge < -0.3 is 19.6 Å². The van der Waals surface area contributed by atoms with Crippen LogP contribution in [-0.4, -0.2) is 5.97 Å². The third-order valence-corrected chi connectivity index (χ3v) is 6.63. The number of furan rings is 1. The SMILES string of the molecule is Cc1cc(C)c2c(C)c(C(=O)Oc3ccc4c(c3)OC(N)=C(C#N)C4c3cccc(Br)c3)oc2c1. The number of benzene rings is 3. The van der Waals surface area contributed by atoms with Crippen LogP contribution in [0.25, 0.3) is 11.0 Å². The van der Waals surface area contributed by atoms with Crippen LogP contribution in [0.4, 0.5) is 0 Å². The molecule has 2 N–H and O–H groups in total. The van der Waals surface area contributed by atoms with Crippen LogP contribution in [-0.2, 0) is 0 Å². The van der Waals surface area contributed by atoms with E-state index in [9.17, 15) is 10.1 Å². The summed E-state index contributed by atoms with van der Waals surface area (Å²) < 4.78 is 18.2. The Morgan fingerprint density at radius 1 is 1.11 bits per heavy atom. The van der Waals surface area contributed by atoms with Gasteiger partial charge in [0.15, 0.2) is 0 Å². The zero-order chi connectivity index (χ0) is 24.9. The number of halogens is 1. The Balaban J connectivity index is 1.50. The number of carbonyl (C=O) groups excluding carboxylic acids is 1. The molecule has 4 aromatic rings. The second kappa shape index (κ2) is 8.64. The number of nitrogens with zero attached hydrogens (tertiary/aromatic N) is 1. The summed E-state index contributed by atoms with van der Waals surface area (Å²) in [6.45, 7) is 5.82. The molecule has 1 atom stereocenters. The predicted molar refractivity (Wildman–Crippen MR) is 135 cm³/mol. The second-order valence-corrected chi connectivity index (χ2v) is 9.50. The lowest BCUT2D eigenvalue weighted by molar-refractivity contribution is 0.0702. The van der Waals surface area contributed by atoms with E-state index in [-0.39, 0.29) is 17.4 Å². The van der Waals surface area contributed by atoms with E-state index in [1.807, 2.05) is 51.1 Å². The number of esters is 1. The lowest BCUT2D eigenvalue weighted by atomic mass is 9.83. The molecule has 2 heterocycles. The standard InChI is InChI=1S/C28H21BrN2O4/c1-14-9-15(2)24-16(3)26(34-23(24)10-14)28(32)33-19-7-8-20-22(12-19)35-27(31)21(13-30)25(20)17-5-4-6-18(29)11-17/h4-12,25H,31H2,1-3H3. The topological polar surface area (TPSA) is 98.5 Å². The van der Waals surface area contributed by atoms with E-state index in [0.29, 0.717) is 16.9 Å². The third kappa shape index (κ3) is 3.96. The molecule has 7 heteroatoms. The minimum atomic E-state index is -0.601. The van der Waals surface area contributed by atoms with Gasteiger partial charge in [0.2, 0.25) is 11.6 Å². The molecule has 0 aliphatic carbocycles. The van der Waals surface area contributed by atoms with Gasteiger partial charge >= 0.3 is 5.97 Å². The van der Waals surface area contributed by atoms with E-state index in [0.717, 1.165) is 37.7 Å². The zero-order valence-electron chi connectivity index (χ0n) is 19.3. The lowest BCUT2D eigenvalue weighted by Crippen LogP contribution is -2.21. The number of nitrogens with two attached hydrogens (primary N) is 1. The average Bonchev–Trinajstić information content (AvgIpc) is 3.14. The first-order valence-electron chi connectivity index (χ1n) is 11.0. The predicted octanol–water partition coefficient (Wildman–Crippen LogP) is 6.56. The highest BCUT2D eigenvalue weighted by atomic mass is 79.9. The van der Waals surface area contributed by atoms with E-state index in [2.05, 4.69) is 28.1 Å². The molecule has 35 heavy (non-hydrogen) atoms. The molecule has 0 spiro atoms. The van der Waals surface area contributed by atoms with Crippen LogP contribution in [0.3, 0.4) is 0 Å². The number of hydrogen-bond donors (Lipinski definition) is 1. The molecular weight excluding hydrogens is 508 g/mol. The van der Waals surface area contributed by atoms with Gasteiger partial charge in [0.05, 0.1) is 5.92 Å². The molecule has 1 aliphatic rings.